The fraction of sp³-hybridized carbons (Fsp3) is 0.278. The minimum Gasteiger partial charge on any atom is -0.337 e. The number of hydrogen-bond donors (Lipinski definition) is 0. The van der Waals surface area contributed by atoms with Crippen molar-refractivity contribution in [3.8, 4) is 0 Å². The van der Waals surface area contributed by atoms with Crippen LogP contribution in [0.2, 0.25) is 5.02 Å². The van der Waals surface area contributed by atoms with Gasteiger partial charge in [-0.2, -0.15) is 0 Å². The molecule has 1 saturated heterocycles. The molecule has 2 aromatic carbocycles. The second kappa shape index (κ2) is 5.53. The van der Waals surface area contributed by atoms with E-state index in [9.17, 15) is 4.79 Å². The van der Waals surface area contributed by atoms with E-state index in [0.717, 1.165) is 34.8 Å². The molecule has 2 aromatic rings. The fourth-order valence-electron chi connectivity index (χ4n) is 2.87. The van der Waals surface area contributed by atoms with Crippen LogP contribution in [0.3, 0.4) is 0 Å². The van der Waals surface area contributed by atoms with Crippen molar-refractivity contribution in [1.29, 1.82) is 0 Å². The van der Waals surface area contributed by atoms with E-state index in [1.54, 1.807) is 0 Å². The molecule has 1 aliphatic rings. The Bertz CT molecular complexity index is 652. The van der Waals surface area contributed by atoms with Crippen molar-refractivity contribution in [3.63, 3.8) is 0 Å². The summed E-state index contributed by atoms with van der Waals surface area (Å²) < 4.78 is 0. The predicted octanol–water partition coefficient (Wildman–Crippen LogP) is 4.20. The van der Waals surface area contributed by atoms with Crippen molar-refractivity contribution < 1.29 is 4.79 Å². The highest BCUT2D eigenvalue weighted by molar-refractivity contribution is 6.30. The molecule has 0 N–H and O–H groups in total. The summed E-state index contributed by atoms with van der Waals surface area (Å²) in [5, 5.41) is 0.751. The second-order valence-electron chi connectivity index (χ2n) is 5.83. The molecule has 0 spiro atoms. The van der Waals surface area contributed by atoms with Crippen molar-refractivity contribution in [2.75, 3.05) is 13.1 Å². The Hall–Kier alpha value is -1.80. The van der Waals surface area contributed by atoms with Crippen LogP contribution in [-0.2, 0) is 0 Å². The third-order valence-corrected chi connectivity index (χ3v) is 4.23. The molecule has 1 amide bonds. The second-order valence-corrected chi connectivity index (χ2v) is 6.27. The van der Waals surface area contributed by atoms with Gasteiger partial charge in [-0.05, 0) is 43.7 Å². The van der Waals surface area contributed by atoms with E-state index >= 15 is 0 Å². The van der Waals surface area contributed by atoms with E-state index in [1.165, 1.54) is 5.56 Å². The van der Waals surface area contributed by atoms with Gasteiger partial charge in [0, 0.05) is 29.6 Å². The van der Waals surface area contributed by atoms with Crippen LogP contribution >= 0.6 is 11.6 Å². The van der Waals surface area contributed by atoms with Gasteiger partial charge in [0.15, 0.2) is 0 Å². The van der Waals surface area contributed by atoms with Gasteiger partial charge in [0.1, 0.15) is 0 Å². The number of halogens is 1. The minimum atomic E-state index is 0.131. The van der Waals surface area contributed by atoms with Crippen molar-refractivity contribution in [1.82, 2.24) is 4.90 Å². The first-order chi connectivity index (χ1) is 10.0. The van der Waals surface area contributed by atoms with E-state index in [-0.39, 0.29) is 5.91 Å². The Kier molecular flexibility index (Phi) is 3.73. The molecule has 3 heteroatoms. The quantitative estimate of drug-likeness (QED) is 0.814. The van der Waals surface area contributed by atoms with E-state index in [4.69, 9.17) is 11.6 Å². The zero-order valence-electron chi connectivity index (χ0n) is 12.3. The summed E-state index contributed by atoms with van der Waals surface area (Å²) in [5.41, 5.74) is 4.31. The molecular formula is C18H18ClNO. The number of aryl methyl sites for hydroxylation is 2. The summed E-state index contributed by atoms with van der Waals surface area (Å²) in [6, 6.07) is 13.9. The van der Waals surface area contributed by atoms with Crippen LogP contribution in [0.5, 0.6) is 0 Å². The number of hydrogen-bond acceptors (Lipinski definition) is 1. The summed E-state index contributed by atoms with van der Waals surface area (Å²) in [6.07, 6.45) is 0. The number of carbonyl (C=O) groups excluding carboxylic acids is 1. The summed E-state index contributed by atoms with van der Waals surface area (Å²) in [6.45, 7) is 5.62. The van der Waals surface area contributed by atoms with Crippen molar-refractivity contribution in [2.24, 2.45) is 0 Å². The number of likely N-dealkylation sites (tertiary alicyclic amines) is 1. The first-order valence-corrected chi connectivity index (χ1v) is 7.54. The lowest BCUT2D eigenvalue weighted by Crippen LogP contribution is -2.48. The predicted molar refractivity (Wildman–Crippen MR) is 86.0 cm³/mol. The molecule has 0 atom stereocenters. The van der Waals surface area contributed by atoms with Crippen molar-refractivity contribution in [2.45, 2.75) is 19.8 Å². The molecule has 0 aromatic heterocycles. The summed E-state index contributed by atoms with van der Waals surface area (Å²) in [4.78, 5) is 14.4. The van der Waals surface area contributed by atoms with Gasteiger partial charge in [-0.1, -0.05) is 40.9 Å². The van der Waals surface area contributed by atoms with Crippen LogP contribution in [-0.4, -0.2) is 23.9 Å². The lowest BCUT2D eigenvalue weighted by atomic mass is 9.90. The monoisotopic (exact) mass is 299 g/mol. The smallest absolute Gasteiger partial charge is 0.253 e. The number of nitrogens with zero attached hydrogens (tertiary/aromatic N) is 1. The topological polar surface area (TPSA) is 20.3 Å². The van der Waals surface area contributed by atoms with Crippen LogP contribution in [0.25, 0.3) is 0 Å². The highest BCUT2D eigenvalue weighted by Crippen LogP contribution is 2.29. The van der Waals surface area contributed by atoms with E-state index < -0.39 is 0 Å². The average Bonchev–Trinajstić information content (AvgIpc) is 2.38. The first-order valence-electron chi connectivity index (χ1n) is 7.16. The average molecular weight is 300 g/mol. The molecule has 0 aliphatic carbocycles. The normalized spacial score (nSPS) is 14.9. The van der Waals surface area contributed by atoms with Crippen LogP contribution < -0.4 is 0 Å². The van der Waals surface area contributed by atoms with Gasteiger partial charge < -0.3 is 4.90 Å². The van der Waals surface area contributed by atoms with Gasteiger partial charge in [-0.25, -0.2) is 0 Å². The van der Waals surface area contributed by atoms with Gasteiger partial charge >= 0.3 is 0 Å². The maximum atomic E-state index is 12.5. The first kappa shape index (κ1) is 14.2. The van der Waals surface area contributed by atoms with Crippen molar-refractivity contribution >= 4 is 17.5 Å². The highest BCUT2D eigenvalue weighted by Gasteiger charge is 2.32. The van der Waals surface area contributed by atoms with Gasteiger partial charge in [-0.15, -0.1) is 0 Å². The third-order valence-electron chi connectivity index (χ3n) is 3.98. The number of carbonyl (C=O) groups is 1. The molecule has 0 saturated carbocycles. The molecule has 3 rings (SSSR count). The lowest BCUT2D eigenvalue weighted by Gasteiger charge is -2.39. The fourth-order valence-corrected chi connectivity index (χ4v) is 3.00. The van der Waals surface area contributed by atoms with Gasteiger partial charge in [0.25, 0.3) is 5.91 Å². The summed E-state index contributed by atoms with van der Waals surface area (Å²) >= 11 is 5.90. The maximum absolute atomic E-state index is 12.5. The number of amides is 1. The zero-order valence-corrected chi connectivity index (χ0v) is 13.0. The van der Waals surface area contributed by atoms with E-state index in [1.807, 2.05) is 55.1 Å². The Morgan fingerprint density at radius 3 is 2.19 bits per heavy atom. The Balaban J connectivity index is 1.68. The van der Waals surface area contributed by atoms with Crippen LogP contribution in [0.1, 0.15) is 33.0 Å². The molecule has 0 bridgehead atoms. The molecule has 2 nitrogen and oxygen atoms in total. The summed E-state index contributed by atoms with van der Waals surface area (Å²) in [5.74, 6) is 0.559. The molecule has 0 unspecified atom stereocenters. The largest absolute Gasteiger partial charge is 0.337 e. The summed E-state index contributed by atoms with van der Waals surface area (Å²) in [7, 11) is 0. The minimum absolute atomic E-state index is 0.131. The zero-order chi connectivity index (χ0) is 15.0. The Morgan fingerprint density at radius 2 is 1.62 bits per heavy atom. The van der Waals surface area contributed by atoms with Crippen LogP contribution in [0.4, 0.5) is 0 Å². The van der Waals surface area contributed by atoms with Crippen LogP contribution in [0, 0.1) is 13.8 Å². The Morgan fingerprint density at radius 1 is 1.05 bits per heavy atom. The number of benzene rings is 2. The van der Waals surface area contributed by atoms with E-state index in [2.05, 4.69) is 6.07 Å². The highest BCUT2D eigenvalue weighted by atomic mass is 35.5. The van der Waals surface area contributed by atoms with Gasteiger partial charge in [0.05, 0.1) is 0 Å². The molecule has 108 valence electrons. The molecule has 1 fully saturated rings. The third kappa shape index (κ3) is 2.96. The van der Waals surface area contributed by atoms with Crippen LogP contribution in [0.15, 0.2) is 42.5 Å². The standard InChI is InChI=1S/C18H18ClNO/c1-12-7-13(2)9-15(8-12)18(21)20-10-16(11-20)14-3-5-17(19)6-4-14/h3-9,16H,10-11H2,1-2H3. The molecular weight excluding hydrogens is 282 g/mol. The Labute approximate surface area is 130 Å². The maximum Gasteiger partial charge on any atom is 0.253 e. The lowest BCUT2D eigenvalue weighted by molar-refractivity contribution is 0.0602. The molecule has 1 aliphatic heterocycles. The number of rotatable bonds is 2. The molecule has 21 heavy (non-hydrogen) atoms. The van der Waals surface area contributed by atoms with Gasteiger partial charge in [-0.3, -0.25) is 4.79 Å². The SMILES string of the molecule is Cc1cc(C)cc(C(=O)N2CC(c3ccc(Cl)cc3)C2)c1. The van der Waals surface area contributed by atoms with Crippen molar-refractivity contribution in [3.05, 3.63) is 69.7 Å². The van der Waals surface area contributed by atoms with Gasteiger partial charge in [0.2, 0.25) is 0 Å². The molecule has 1 heterocycles. The van der Waals surface area contributed by atoms with E-state index in [0.29, 0.717) is 5.92 Å². The molecule has 0 radical (unpaired) electrons.